The lowest BCUT2D eigenvalue weighted by molar-refractivity contribution is -0.486. The highest BCUT2D eigenvalue weighted by molar-refractivity contribution is 6.29. The van der Waals surface area contributed by atoms with Crippen molar-refractivity contribution in [2.75, 3.05) is 13.3 Å². The van der Waals surface area contributed by atoms with E-state index in [0.717, 1.165) is 11.3 Å². The quantitative estimate of drug-likeness (QED) is 0.497. The molecular formula is C14H15ClN6O3. The molecule has 0 aliphatic carbocycles. The van der Waals surface area contributed by atoms with Crippen LogP contribution in [0.15, 0.2) is 46.2 Å². The van der Waals surface area contributed by atoms with Crippen molar-refractivity contribution >= 4 is 17.6 Å². The Labute approximate surface area is 142 Å². The maximum absolute atomic E-state index is 10.7. The van der Waals surface area contributed by atoms with Crippen molar-refractivity contribution in [3.63, 3.8) is 0 Å². The number of rotatable bonds is 5. The van der Waals surface area contributed by atoms with Gasteiger partial charge in [0.15, 0.2) is 5.03 Å². The van der Waals surface area contributed by atoms with Crippen LogP contribution >= 0.6 is 11.6 Å². The number of pyridine rings is 1. The van der Waals surface area contributed by atoms with Crippen LogP contribution in [-0.4, -0.2) is 39.1 Å². The molecule has 0 atom stereocenters. The molecule has 0 spiro atoms. The van der Waals surface area contributed by atoms with Gasteiger partial charge in [-0.15, -0.1) is 0 Å². The predicted octanol–water partition coefficient (Wildman–Crippen LogP) is 1.70. The van der Waals surface area contributed by atoms with Crippen molar-refractivity contribution < 1.29 is 9.45 Å². The Bertz CT molecular complexity index is 719. The van der Waals surface area contributed by atoms with Gasteiger partial charge in [0.05, 0.1) is 26.1 Å². The summed E-state index contributed by atoms with van der Waals surface area (Å²) in [6, 6.07) is 7.21. The minimum atomic E-state index is -0.711. The first-order valence-corrected chi connectivity index (χ1v) is 7.55. The van der Waals surface area contributed by atoms with Crippen LogP contribution in [0.4, 0.5) is 0 Å². The van der Waals surface area contributed by atoms with Gasteiger partial charge in [-0.1, -0.05) is 17.7 Å². The van der Waals surface area contributed by atoms with E-state index in [-0.39, 0.29) is 5.96 Å². The predicted molar refractivity (Wildman–Crippen MR) is 86.3 cm³/mol. The molecule has 0 bridgehead atoms. The zero-order chi connectivity index (χ0) is 16.9. The van der Waals surface area contributed by atoms with E-state index >= 15 is 0 Å². The third kappa shape index (κ3) is 4.21. The summed E-state index contributed by atoms with van der Waals surface area (Å²) in [4.78, 5) is 18.6. The van der Waals surface area contributed by atoms with E-state index in [2.05, 4.69) is 15.4 Å². The highest BCUT2D eigenvalue weighted by atomic mass is 35.5. The summed E-state index contributed by atoms with van der Waals surface area (Å²) in [6.07, 6.45) is 3.25. The van der Waals surface area contributed by atoms with Crippen LogP contribution in [0.2, 0.25) is 5.15 Å². The number of hydrogen-bond acceptors (Lipinski definition) is 5. The number of nitro groups is 1. The number of guanidine groups is 1. The first-order chi connectivity index (χ1) is 11.6. The zero-order valence-electron chi connectivity index (χ0n) is 12.6. The summed E-state index contributed by atoms with van der Waals surface area (Å²) in [5, 5.41) is 16.8. The molecule has 126 valence electrons. The van der Waals surface area contributed by atoms with Crippen molar-refractivity contribution in [3.8, 4) is 0 Å². The standard InChI is InChI=1S/C14H15ClN6O3/c15-13-4-3-11(6-16-13)7-20-10-19(8-12-2-1-5-24-12)9-17-14(20)18-21(22)23/h1-6H,7-10H2,(H,17,18). The van der Waals surface area contributed by atoms with E-state index in [0.29, 0.717) is 31.6 Å². The van der Waals surface area contributed by atoms with E-state index in [1.54, 1.807) is 23.4 Å². The lowest BCUT2D eigenvalue weighted by atomic mass is 10.2. The van der Waals surface area contributed by atoms with Crippen molar-refractivity contribution in [1.82, 2.24) is 20.1 Å². The normalized spacial score (nSPS) is 17.0. The number of aromatic nitrogens is 1. The van der Waals surface area contributed by atoms with Gasteiger partial charge in [-0.25, -0.2) is 15.1 Å². The molecule has 1 aliphatic rings. The molecule has 2 aromatic heterocycles. The van der Waals surface area contributed by atoms with Gasteiger partial charge in [-0.05, 0) is 23.8 Å². The molecule has 0 unspecified atom stereocenters. The highest BCUT2D eigenvalue weighted by Crippen LogP contribution is 2.13. The molecule has 9 nitrogen and oxygen atoms in total. The number of nitrogens with zero attached hydrogens (tertiary/aromatic N) is 5. The molecule has 1 aliphatic heterocycles. The van der Waals surface area contributed by atoms with Crippen LogP contribution < -0.4 is 5.32 Å². The molecule has 2 aromatic rings. The van der Waals surface area contributed by atoms with E-state index in [1.807, 2.05) is 23.1 Å². The van der Waals surface area contributed by atoms with Crippen LogP contribution in [0, 0.1) is 10.1 Å². The summed E-state index contributed by atoms with van der Waals surface area (Å²) in [5.41, 5.74) is 0.872. The van der Waals surface area contributed by atoms with Crippen LogP contribution in [0.25, 0.3) is 0 Å². The van der Waals surface area contributed by atoms with Gasteiger partial charge in [0.25, 0.3) is 5.96 Å². The smallest absolute Gasteiger partial charge is 0.273 e. The molecule has 0 saturated carbocycles. The maximum Gasteiger partial charge on any atom is 0.273 e. The summed E-state index contributed by atoms with van der Waals surface area (Å²) >= 11 is 5.79. The number of halogens is 1. The lowest BCUT2D eigenvalue weighted by Crippen LogP contribution is -2.56. The summed E-state index contributed by atoms with van der Waals surface area (Å²) in [5.74, 6) is 1.03. The Hall–Kier alpha value is -2.65. The first kappa shape index (κ1) is 16.2. The molecule has 1 N–H and O–H groups in total. The molecular weight excluding hydrogens is 336 g/mol. The Morgan fingerprint density at radius 3 is 2.96 bits per heavy atom. The van der Waals surface area contributed by atoms with E-state index in [1.165, 1.54) is 0 Å². The minimum Gasteiger partial charge on any atom is -0.468 e. The van der Waals surface area contributed by atoms with Crippen molar-refractivity contribution in [2.24, 2.45) is 5.10 Å². The first-order valence-electron chi connectivity index (χ1n) is 7.17. The van der Waals surface area contributed by atoms with Crippen molar-refractivity contribution in [1.29, 1.82) is 0 Å². The van der Waals surface area contributed by atoms with Gasteiger partial charge in [0, 0.05) is 12.7 Å². The third-order valence-electron chi connectivity index (χ3n) is 3.43. The Balaban J connectivity index is 1.73. The zero-order valence-corrected chi connectivity index (χ0v) is 13.4. The molecule has 0 amide bonds. The average molecular weight is 351 g/mol. The third-order valence-corrected chi connectivity index (χ3v) is 3.65. The monoisotopic (exact) mass is 350 g/mol. The summed E-state index contributed by atoms with van der Waals surface area (Å²) in [6.45, 7) is 1.89. The molecule has 1 fully saturated rings. The van der Waals surface area contributed by atoms with Crippen LogP contribution in [0.1, 0.15) is 11.3 Å². The number of nitrogens with one attached hydrogen (secondary N) is 1. The maximum atomic E-state index is 10.7. The number of hydrogen-bond donors (Lipinski definition) is 1. The fourth-order valence-corrected chi connectivity index (χ4v) is 2.51. The fourth-order valence-electron chi connectivity index (χ4n) is 2.40. The fraction of sp³-hybridized carbons (Fsp3) is 0.286. The van der Waals surface area contributed by atoms with Crippen molar-refractivity contribution in [3.05, 3.63) is 63.3 Å². The molecule has 1 saturated heterocycles. The lowest BCUT2D eigenvalue weighted by Gasteiger charge is -2.36. The summed E-state index contributed by atoms with van der Waals surface area (Å²) < 4.78 is 5.34. The second-order valence-corrected chi connectivity index (χ2v) is 5.62. The van der Waals surface area contributed by atoms with Crippen LogP contribution in [0.5, 0.6) is 0 Å². The van der Waals surface area contributed by atoms with E-state index in [9.17, 15) is 10.1 Å². The van der Waals surface area contributed by atoms with Crippen molar-refractivity contribution in [2.45, 2.75) is 13.1 Å². The van der Waals surface area contributed by atoms with Gasteiger partial charge < -0.3 is 14.6 Å². The highest BCUT2D eigenvalue weighted by Gasteiger charge is 2.25. The van der Waals surface area contributed by atoms with E-state index in [4.69, 9.17) is 16.0 Å². The topological polar surface area (TPSA) is 100 Å². The van der Waals surface area contributed by atoms with Crippen LogP contribution in [0.3, 0.4) is 0 Å². The Morgan fingerprint density at radius 1 is 1.42 bits per heavy atom. The number of hydrazone groups is 1. The molecule has 10 heteroatoms. The molecule has 3 heterocycles. The van der Waals surface area contributed by atoms with Gasteiger partial charge in [-0.2, -0.15) is 0 Å². The van der Waals surface area contributed by atoms with Gasteiger partial charge in [0.1, 0.15) is 16.0 Å². The second-order valence-electron chi connectivity index (χ2n) is 5.23. The van der Waals surface area contributed by atoms with Gasteiger partial charge >= 0.3 is 0 Å². The molecule has 0 aromatic carbocycles. The van der Waals surface area contributed by atoms with E-state index < -0.39 is 5.03 Å². The van der Waals surface area contributed by atoms with Crippen LogP contribution in [-0.2, 0) is 13.1 Å². The largest absolute Gasteiger partial charge is 0.468 e. The number of furan rings is 1. The summed E-state index contributed by atoms with van der Waals surface area (Å²) in [7, 11) is 0. The molecule has 24 heavy (non-hydrogen) atoms. The molecule has 3 rings (SSSR count). The average Bonchev–Trinajstić information content (AvgIpc) is 3.05. The Morgan fingerprint density at radius 2 is 2.29 bits per heavy atom. The SMILES string of the molecule is O=[N+]([O-])/N=C1\NCN(Cc2ccco2)CN1Cc1ccc(Cl)nc1. The Kier molecular flexibility index (Phi) is 4.92. The van der Waals surface area contributed by atoms with Gasteiger partial charge in [0.2, 0.25) is 0 Å². The molecule has 0 radical (unpaired) electrons. The second kappa shape index (κ2) is 7.28. The minimum absolute atomic E-state index is 0.214. The van der Waals surface area contributed by atoms with Gasteiger partial charge in [-0.3, -0.25) is 4.90 Å².